The minimum absolute atomic E-state index is 0.549. The Morgan fingerprint density at radius 1 is 1.55 bits per heavy atom. The van der Waals surface area contributed by atoms with E-state index in [-0.39, 0.29) is 0 Å². The van der Waals surface area contributed by atoms with Crippen molar-refractivity contribution in [1.82, 2.24) is 9.97 Å². The average molecular weight is 185 g/mol. The lowest BCUT2D eigenvalue weighted by Gasteiger charge is -1.86. The van der Waals surface area contributed by atoms with E-state index in [1.807, 2.05) is 13.0 Å². The van der Waals surface area contributed by atoms with E-state index in [4.69, 9.17) is 11.6 Å². The summed E-state index contributed by atoms with van der Waals surface area (Å²) in [6.45, 7) is 1.96. The van der Waals surface area contributed by atoms with Gasteiger partial charge in [-0.2, -0.15) is 0 Å². The number of aryl methyl sites for hydroxylation is 1. The molecule has 2 rings (SSSR count). The van der Waals surface area contributed by atoms with Gasteiger partial charge in [-0.05, 0) is 13.0 Å². The van der Waals surface area contributed by atoms with Crippen molar-refractivity contribution in [3.8, 4) is 0 Å². The first kappa shape index (κ1) is 7.00. The van der Waals surface area contributed by atoms with Crippen molar-refractivity contribution in [2.45, 2.75) is 6.92 Å². The second-order valence-corrected chi connectivity index (χ2v) is 3.74. The Hall–Kier alpha value is -0.670. The molecule has 0 saturated heterocycles. The van der Waals surface area contributed by atoms with Gasteiger partial charge in [-0.15, -0.1) is 11.3 Å². The molecule has 0 fully saturated rings. The standard InChI is InChI=1S/C7H5ClN2S/c1-4-10-5-2-3-9-7(8)6(5)11-4/h2-3H,1H3. The first-order valence-corrected chi connectivity index (χ1v) is 4.34. The van der Waals surface area contributed by atoms with E-state index < -0.39 is 0 Å². The van der Waals surface area contributed by atoms with Crippen molar-refractivity contribution in [3.63, 3.8) is 0 Å². The number of rotatable bonds is 0. The smallest absolute Gasteiger partial charge is 0.148 e. The van der Waals surface area contributed by atoms with Crippen LogP contribution in [0.3, 0.4) is 0 Å². The van der Waals surface area contributed by atoms with Crippen LogP contribution in [0.15, 0.2) is 12.3 Å². The molecule has 0 atom stereocenters. The maximum Gasteiger partial charge on any atom is 0.148 e. The summed E-state index contributed by atoms with van der Waals surface area (Å²) >= 11 is 7.40. The Labute approximate surface area is 72.9 Å². The molecule has 2 heterocycles. The van der Waals surface area contributed by atoms with E-state index in [2.05, 4.69) is 9.97 Å². The predicted octanol–water partition coefficient (Wildman–Crippen LogP) is 2.65. The van der Waals surface area contributed by atoms with Crippen LogP contribution >= 0.6 is 22.9 Å². The van der Waals surface area contributed by atoms with Crippen molar-refractivity contribution in [2.24, 2.45) is 0 Å². The normalized spacial score (nSPS) is 10.7. The molecule has 0 unspecified atom stereocenters. The number of pyridine rings is 1. The van der Waals surface area contributed by atoms with Gasteiger partial charge in [-0.1, -0.05) is 11.6 Å². The number of hydrogen-bond acceptors (Lipinski definition) is 3. The summed E-state index contributed by atoms with van der Waals surface area (Å²) in [6, 6.07) is 1.87. The number of hydrogen-bond donors (Lipinski definition) is 0. The highest BCUT2D eigenvalue weighted by molar-refractivity contribution is 7.19. The Kier molecular flexibility index (Phi) is 1.55. The third-order valence-corrected chi connectivity index (χ3v) is 2.76. The fraction of sp³-hybridized carbons (Fsp3) is 0.143. The third-order valence-electron chi connectivity index (χ3n) is 1.37. The van der Waals surface area contributed by atoms with Crippen LogP contribution in [0, 0.1) is 6.92 Å². The molecule has 4 heteroatoms. The first-order chi connectivity index (χ1) is 5.27. The zero-order valence-electron chi connectivity index (χ0n) is 5.84. The summed E-state index contributed by atoms with van der Waals surface area (Å²) in [4.78, 5) is 8.22. The van der Waals surface area contributed by atoms with Gasteiger partial charge in [-0.3, -0.25) is 0 Å². The summed E-state index contributed by atoms with van der Waals surface area (Å²) in [7, 11) is 0. The molecule has 0 spiro atoms. The minimum atomic E-state index is 0.549. The van der Waals surface area contributed by atoms with Crippen LogP contribution in [0.2, 0.25) is 5.15 Å². The molecule has 2 nitrogen and oxygen atoms in total. The SMILES string of the molecule is Cc1nc2ccnc(Cl)c2s1. The molecule has 2 aromatic heterocycles. The molecule has 0 aromatic carbocycles. The monoisotopic (exact) mass is 184 g/mol. The number of halogens is 1. The Morgan fingerprint density at radius 3 is 3.09 bits per heavy atom. The molecule has 0 aliphatic carbocycles. The summed E-state index contributed by atoms with van der Waals surface area (Å²) in [5.41, 5.74) is 0.938. The van der Waals surface area contributed by atoms with Gasteiger partial charge in [0.25, 0.3) is 0 Å². The van der Waals surface area contributed by atoms with Crippen LogP contribution < -0.4 is 0 Å². The Bertz CT molecular complexity index is 396. The van der Waals surface area contributed by atoms with Gasteiger partial charge in [0.15, 0.2) is 0 Å². The van der Waals surface area contributed by atoms with Crippen LogP contribution in [-0.2, 0) is 0 Å². The lowest BCUT2D eigenvalue weighted by molar-refractivity contribution is 1.32. The molecular formula is C7H5ClN2S. The van der Waals surface area contributed by atoms with Gasteiger partial charge in [-0.25, -0.2) is 9.97 Å². The van der Waals surface area contributed by atoms with Crippen LogP contribution in [0.25, 0.3) is 10.2 Å². The fourth-order valence-electron chi connectivity index (χ4n) is 0.936. The molecule has 0 aliphatic rings. The van der Waals surface area contributed by atoms with Crippen LogP contribution in [-0.4, -0.2) is 9.97 Å². The molecule has 2 aromatic rings. The molecule has 0 saturated carbocycles. The van der Waals surface area contributed by atoms with Gasteiger partial charge in [0, 0.05) is 6.20 Å². The summed E-state index contributed by atoms with van der Waals surface area (Å²) in [5, 5.41) is 1.57. The molecule has 0 amide bonds. The molecule has 0 bridgehead atoms. The van der Waals surface area contributed by atoms with Crippen molar-refractivity contribution in [1.29, 1.82) is 0 Å². The molecule has 0 aliphatic heterocycles. The van der Waals surface area contributed by atoms with Crippen LogP contribution in [0.4, 0.5) is 0 Å². The summed E-state index contributed by atoms with van der Waals surface area (Å²) in [5.74, 6) is 0. The second-order valence-electron chi connectivity index (χ2n) is 2.18. The van der Waals surface area contributed by atoms with Crippen LogP contribution in [0.1, 0.15) is 5.01 Å². The predicted molar refractivity (Wildman–Crippen MR) is 47.2 cm³/mol. The van der Waals surface area contributed by atoms with E-state index in [1.54, 1.807) is 17.5 Å². The number of nitrogens with zero attached hydrogens (tertiary/aromatic N) is 2. The molecular weight excluding hydrogens is 180 g/mol. The molecule has 0 radical (unpaired) electrons. The van der Waals surface area contributed by atoms with Gasteiger partial charge >= 0.3 is 0 Å². The van der Waals surface area contributed by atoms with E-state index in [0.717, 1.165) is 15.2 Å². The first-order valence-electron chi connectivity index (χ1n) is 3.15. The summed E-state index contributed by atoms with van der Waals surface area (Å²) < 4.78 is 0.978. The highest BCUT2D eigenvalue weighted by atomic mass is 35.5. The van der Waals surface area contributed by atoms with Gasteiger partial charge in [0.2, 0.25) is 0 Å². The maximum atomic E-state index is 5.83. The Balaban J connectivity index is 2.90. The van der Waals surface area contributed by atoms with E-state index >= 15 is 0 Å². The quantitative estimate of drug-likeness (QED) is 0.589. The lowest BCUT2D eigenvalue weighted by Crippen LogP contribution is -1.72. The van der Waals surface area contributed by atoms with Gasteiger partial charge < -0.3 is 0 Å². The Morgan fingerprint density at radius 2 is 2.36 bits per heavy atom. The highest BCUT2D eigenvalue weighted by Crippen LogP contribution is 2.26. The number of fused-ring (bicyclic) bond motifs is 1. The number of thiazole rings is 1. The summed E-state index contributed by atoms with van der Waals surface area (Å²) in [6.07, 6.45) is 1.67. The number of aromatic nitrogens is 2. The van der Waals surface area contributed by atoms with Crippen molar-refractivity contribution >= 4 is 33.2 Å². The van der Waals surface area contributed by atoms with Gasteiger partial charge in [0.1, 0.15) is 5.15 Å². The highest BCUT2D eigenvalue weighted by Gasteiger charge is 2.03. The van der Waals surface area contributed by atoms with E-state index in [9.17, 15) is 0 Å². The fourth-order valence-corrected chi connectivity index (χ4v) is 2.00. The maximum absolute atomic E-state index is 5.83. The lowest BCUT2D eigenvalue weighted by atomic mass is 10.4. The van der Waals surface area contributed by atoms with Crippen LogP contribution in [0.5, 0.6) is 0 Å². The van der Waals surface area contributed by atoms with Gasteiger partial charge in [0.05, 0.1) is 15.2 Å². The third kappa shape index (κ3) is 1.10. The van der Waals surface area contributed by atoms with Crippen molar-refractivity contribution in [3.05, 3.63) is 22.4 Å². The largest absolute Gasteiger partial charge is 0.243 e. The zero-order valence-corrected chi connectivity index (χ0v) is 7.41. The zero-order chi connectivity index (χ0) is 7.84. The minimum Gasteiger partial charge on any atom is -0.243 e. The molecule has 11 heavy (non-hydrogen) atoms. The molecule has 56 valence electrons. The van der Waals surface area contributed by atoms with E-state index in [1.165, 1.54) is 0 Å². The van der Waals surface area contributed by atoms with Crippen molar-refractivity contribution < 1.29 is 0 Å². The topological polar surface area (TPSA) is 25.8 Å². The van der Waals surface area contributed by atoms with E-state index in [0.29, 0.717) is 5.15 Å². The van der Waals surface area contributed by atoms with Crippen molar-refractivity contribution in [2.75, 3.05) is 0 Å². The average Bonchev–Trinajstić information content (AvgIpc) is 2.31. The molecule has 0 N–H and O–H groups in total. The second kappa shape index (κ2) is 2.43.